The summed E-state index contributed by atoms with van der Waals surface area (Å²) in [6.07, 6.45) is 3.18. The first-order chi connectivity index (χ1) is 9.68. The summed E-state index contributed by atoms with van der Waals surface area (Å²) in [6, 6.07) is 0. The lowest BCUT2D eigenvalue weighted by atomic mass is 9.85. The van der Waals surface area contributed by atoms with Crippen molar-refractivity contribution in [3.8, 4) is 0 Å². The average Bonchev–Trinajstić information content (AvgIpc) is 2.39. The SMILES string of the molecule is C=CCOC(=O)/C=C/NC(=O)[C@@H]1OC(C)(C)OCC1(C)C. The van der Waals surface area contributed by atoms with E-state index in [-0.39, 0.29) is 12.5 Å². The van der Waals surface area contributed by atoms with Crippen molar-refractivity contribution in [1.82, 2.24) is 5.32 Å². The smallest absolute Gasteiger partial charge is 0.332 e. The lowest BCUT2D eigenvalue weighted by Crippen LogP contribution is -2.55. The van der Waals surface area contributed by atoms with Crippen LogP contribution in [0.3, 0.4) is 0 Å². The van der Waals surface area contributed by atoms with Gasteiger partial charge in [0, 0.05) is 17.7 Å². The van der Waals surface area contributed by atoms with Crippen LogP contribution in [0.5, 0.6) is 0 Å². The van der Waals surface area contributed by atoms with E-state index in [1.54, 1.807) is 13.8 Å². The van der Waals surface area contributed by atoms with Gasteiger partial charge in [-0.3, -0.25) is 4.79 Å². The molecule has 1 heterocycles. The van der Waals surface area contributed by atoms with Gasteiger partial charge >= 0.3 is 5.97 Å². The molecular weight excluding hydrogens is 274 g/mol. The topological polar surface area (TPSA) is 73.9 Å². The molecule has 1 rings (SSSR count). The van der Waals surface area contributed by atoms with Crippen molar-refractivity contribution in [2.75, 3.05) is 13.2 Å². The zero-order valence-electron chi connectivity index (χ0n) is 13.0. The molecule has 1 N–H and O–H groups in total. The summed E-state index contributed by atoms with van der Waals surface area (Å²) in [5, 5.41) is 2.53. The number of nitrogens with one attached hydrogen (secondary N) is 1. The van der Waals surface area contributed by atoms with Crippen LogP contribution in [0.2, 0.25) is 0 Å². The van der Waals surface area contributed by atoms with E-state index in [0.717, 1.165) is 6.08 Å². The minimum Gasteiger partial charge on any atom is -0.458 e. The van der Waals surface area contributed by atoms with Gasteiger partial charge in [0.25, 0.3) is 5.91 Å². The molecule has 6 nitrogen and oxygen atoms in total. The van der Waals surface area contributed by atoms with Gasteiger partial charge in [-0.25, -0.2) is 4.79 Å². The molecule has 0 aromatic heterocycles. The quantitative estimate of drug-likeness (QED) is 0.473. The summed E-state index contributed by atoms with van der Waals surface area (Å²) < 4.78 is 16.0. The molecule has 0 aromatic carbocycles. The Morgan fingerprint density at radius 1 is 1.38 bits per heavy atom. The Bertz CT molecular complexity index is 439. The molecule has 0 saturated carbocycles. The fourth-order valence-electron chi connectivity index (χ4n) is 1.78. The van der Waals surface area contributed by atoms with Crippen LogP contribution in [-0.4, -0.2) is 37.0 Å². The maximum absolute atomic E-state index is 12.2. The number of esters is 1. The Balaban J connectivity index is 2.59. The summed E-state index contributed by atoms with van der Waals surface area (Å²) >= 11 is 0. The highest BCUT2D eigenvalue weighted by Gasteiger charge is 2.45. The van der Waals surface area contributed by atoms with Crippen LogP contribution in [0.15, 0.2) is 24.9 Å². The molecule has 118 valence electrons. The normalized spacial score (nSPS) is 23.5. The highest BCUT2D eigenvalue weighted by Crippen LogP contribution is 2.34. The Morgan fingerprint density at radius 3 is 2.67 bits per heavy atom. The maximum atomic E-state index is 12.2. The van der Waals surface area contributed by atoms with Crippen LogP contribution in [-0.2, 0) is 23.8 Å². The van der Waals surface area contributed by atoms with Gasteiger partial charge < -0.3 is 19.5 Å². The van der Waals surface area contributed by atoms with E-state index in [1.165, 1.54) is 12.3 Å². The lowest BCUT2D eigenvalue weighted by Gasteiger charge is -2.44. The molecule has 1 aliphatic rings. The molecule has 1 aliphatic heterocycles. The monoisotopic (exact) mass is 297 g/mol. The average molecular weight is 297 g/mol. The second kappa shape index (κ2) is 6.87. The largest absolute Gasteiger partial charge is 0.458 e. The number of rotatable bonds is 5. The molecule has 1 saturated heterocycles. The Morgan fingerprint density at radius 2 is 2.05 bits per heavy atom. The highest BCUT2D eigenvalue weighted by molar-refractivity contribution is 5.85. The van der Waals surface area contributed by atoms with Gasteiger partial charge in [-0.1, -0.05) is 26.5 Å². The van der Waals surface area contributed by atoms with Crippen molar-refractivity contribution < 1.29 is 23.8 Å². The summed E-state index contributed by atoms with van der Waals surface area (Å²) in [4.78, 5) is 23.4. The first-order valence-corrected chi connectivity index (χ1v) is 6.74. The molecule has 0 unspecified atom stereocenters. The van der Waals surface area contributed by atoms with Crippen LogP contribution < -0.4 is 5.32 Å². The van der Waals surface area contributed by atoms with Crippen molar-refractivity contribution in [1.29, 1.82) is 0 Å². The predicted molar refractivity (Wildman–Crippen MR) is 77.1 cm³/mol. The highest BCUT2D eigenvalue weighted by atomic mass is 16.7. The first kappa shape index (κ1) is 17.4. The van der Waals surface area contributed by atoms with E-state index in [0.29, 0.717) is 6.61 Å². The summed E-state index contributed by atoms with van der Waals surface area (Å²) in [5.41, 5.74) is -0.462. The zero-order chi connectivity index (χ0) is 16.1. The van der Waals surface area contributed by atoms with E-state index in [2.05, 4.69) is 11.9 Å². The Kier molecular flexibility index (Phi) is 5.69. The van der Waals surface area contributed by atoms with Crippen LogP contribution in [0.4, 0.5) is 0 Å². The number of hydrogen-bond acceptors (Lipinski definition) is 5. The van der Waals surface area contributed by atoms with Crippen LogP contribution in [0.1, 0.15) is 27.7 Å². The van der Waals surface area contributed by atoms with Crippen molar-refractivity contribution in [3.63, 3.8) is 0 Å². The fourth-order valence-corrected chi connectivity index (χ4v) is 1.78. The zero-order valence-corrected chi connectivity index (χ0v) is 13.0. The van der Waals surface area contributed by atoms with E-state index < -0.39 is 23.3 Å². The predicted octanol–water partition coefficient (Wildman–Crippen LogP) is 1.52. The van der Waals surface area contributed by atoms with Gasteiger partial charge in [0.1, 0.15) is 12.7 Å². The van der Waals surface area contributed by atoms with E-state index in [4.69, 9.17) is 14.2 Å². The molecule has 1 amide bonds. The van der Waals surface area contributed by atoms with E-state index in [9.17, 15) is 9.59 Å². The van der Waals surface area contributed by atoms with Gasteiger partial charge in [-0.2, -0.15) is 0 Å². The van der Waals surface area contributed by atoms with Crippen LogP contribution in [0, 0.1) is 5.41 Å². The summed E-state index contributed by atoms with van der Waals surface area (Å²) in [5.74, 6) is -1.70. The first-order valence-electron chi connectivity index (χ1n) is 6.74. The molecule has 1 atom stereocenters. The number of amides is 1. The molecule has 0 radical (unpaired) electrons. The third-order valence-electron chi connectivity index (χ3n) is 2.93. The number of hydrogen-bond donors (Lipinski definition) is 1. The van der Waals surface area contributed by atoms with E-state index >= 15 is 0 Å². The molecule has 0 aliphatic carbocycles. The van der Waals surface area contributed by atoms with Crippen LogP contribution in [0.25, 0.3) is 0 Å². The van der Waals surface area contributed by atoms with Crippen molar-refractivity contribution in [3.05, 3.63) is 24.9 Å². The van der Waals surface area contributed by atoms with E-state index in [1.807, 2.05) is 13.8 Å². The molecule has 6 heteroatoms. The van der Waals surface area contributed by atoms with Gasteiger partial charge in [0.05, 0.1) is 6.61 Å². The van der Waals surface area contributed by atoms with Gasteiger partial charge in [-0.05, 0) is 13.8 Å². The third kappa shape index (κ3) is 5.32. The van der Waals surface area contributed by atoms with Crippen LogP contribution >= 0.6 is 0 Å². The second-order valence-electron chi connectivity index (χ2n) is 5.94. The molecular formula is C15H23NO5. The molecule has 21 heavy (non-hydrogen) atoms. The van der Waals surface area contributed by atoms with Crippen molar-refractivity contribution >= 4 is 11.9 Å². The fraction of sp³-hybridized carbons (Fsp3) is 0.600. The van der Waals surface area contributed by atoms with Crippen molar-refractivity contribution in [2.45, 2.75) is 39.6 Å². The number of carbonyl (C=O) groups excluding carboxylic acids is 2. The molecule has 0 aromatic rings. The Hall–Kier alpha value is -1.66. The van der Waals surface area contributed by atoms with Crippen molar-refractivity contribution in [2.24, 2.45) is 5.41 Å². The molecule has 1 fully saturated rings. The molecule has 0 bridgehead atoms. The summed E-state index contributed by atoms with van der Waals surface area (Å²) in [7, 11) is 0. The second-order valence-corrected chi connectivity index (χ2v) is 5.94. The Labute approximate surface area is 125 Å². The number of carbonyl (C=O) groups is 2. The van der Waals surface area contributed by atoms with Gasteiger partial charge in [-0.15, -0.1) is 0 Å². The summed E-state index contributed by atoms with van der Waals surface area (Å²) in [6.45, 7) is 11.2. The van der Waals surface area contributed by atoms with Gasteiger partial charge in [0.2, 0.25) is 0 Å². The standard InChI is InChI=1S/C15H23NO5/c1-6-9-19-11(17)7-8-16-13(18)12-14(2,3)10-20-15(4,5)21-12/h6-8,12H,1,9-10H2,2-5H3,(H,16,18)/b8-7+/t12-/m0/s1. The maximum Gasteiger partial charge on any atom is 0.332 e. The minimum absolute atomic E-state index is 0.126. The third-order valence-corrected chi connectivity index (χ3v) is 2.93. The lowest BCUT2D eigenvalue weighted by molar-refractivity contribution is -0.303. The molecule has 0 spiro atoms. The number of ether oxygens (including phenoxy) is 3. The minimum atomic E-state index is -0.815. The van der Waals surface area contributed by atoms with Gasteiger partial charge in [0.15, 0.2) is 5.79 Å².